The Labute approximate surface area is 128 Å². The molecule has 2 aromatic carbocycles. The van der Waals surface area contributed by atoms with Gasteiger partial charge in [0.25, 0.3) is 0 Å². The Balaban J connectivity index is 1.90. The van der Waals surface area contributed by atoms with Crippen LogP contribution in [0.1, 0.15) is 5.56 Å². The first-order valence-corrected chi connectivity index (χ1v) is 7.10. The Kier molecular flexibility index (Phi) is 2.89. The van der Waals surface area contributed by atoms with Crippen LogP contribution < -0.4 is 14.2 Å². The number of rotatable bonds is 2. The van der Waals surface area contributed by atoms with Gasteiger partial charge in [-0.2, -0.15) is 0 Å². The van der Waals surface area contributed by atoms with E-state index in [9.17, 15) is 0 Å². The van der Waals surface area contributed by atoms with Gasteiger partial charge >= 0.3 is 0 Å². The molecule has 1 aliphatic rings. The summed E-state index contributed by atoms with van der Waals surface area (Å²) >= 11 is 0. The van der Waals surface area contributed by atoms with E-state index >= 15 is 0 Å². The molecule has 4 heteroatoms. The van der Waals surface area contributed by atoms with Gasteiger partial charge in [0.1, 0.15) is 5.75 Å². The third-order valence-corrected chi connectivity index (χ3v) is 3.88. The van der Waals surface area contributed by atoms with Crippen LogP contribution >= 0.6 is 0 Å². The number of fused-ring (bicyclic) bond motifs is 2. The molecule has 0 N–H and O–H groups in total. The second-order valence-electron chi connectivity index (χ2n) is 5.28. The summed E-state index contributed by atoms with van der Waals surface area (Å²) in [5.74, 6) is 2.36. The zero-order valence-corrected chi connectivity index (χ0v) is 12.4. The lowest BCUT2D eigenvalue weighted by molar-refractivity contribution is 0.174. The first-order chi connectivity index (χ1) is 10.7. The highest BCUT2D eigenvalue weighted by molar-refractivity contribution is 5.88. The van der Waals surface area contributed by atoms with Crippen molar-refractivity contribution in [3.05, 3.63) is 48.0 Å². The van der Waals surface area contributed by atoms with Crippen LogP contribution in [0, 0.1) is 6.92 Å². The maximum atomic E-state index is 5.45. The van der Waals surface area contributed by atoms with Gasteiger partial charge in [-0.1, -0.05) is 12.1 Å². The molecule has 0 amide bonds. The molecule has 4 rings (SSSR count). The summed E-state index contributed by atoms with van der Waals surface area (Å²) in [4.78, 5) is 4.77. The monoisotopic (exact) mass is 293 g/mol. The predicted octanol–water partition coefficient (Wildman–Crippen LogP) is 3.95. The number of hydrogen-bond donors (Lipinski definition) is 0. The second-order valence-corrected chi connectivity index (χ2v) is 5.28. The normalized spacial score (nSPS) is 12.6. The average Bonchev–Trinajstić information content (AvgIpc) is 3.00. The molecular weight excluding hydrogens is 278 g/mol. The SMILES string of the molecule is COc1cccc(-c2cc(C)c3cc4c(cc3n2)OCO4)c1. The fourth-order valence-corrected chi connectivity index (χ4v) is 2.71. The van der Waals surface area contributed by atoms with Gasteiger partial charge in [-0.25, -0.2) is 4.98 Å². The topological polar surface area (TPSA) is 40.6 Å². The minimum atomic E-state index is 0.271. The van der Waals surface area contributed by atoms with E-state index in [0.717, 1.165) is 45.0 Å². The molecule has 0 atom stereocenters. The fraction of sp³-hybridized carbons (Fsp3) is 0.167. The van der Waals surface area contributed by atoms with Crippen LogP contribution in [0.5, 0.6) is 17.2 Å². The lowest BCUT2D eigenvalue weighted by Crippen LogP contribution is -1.92. The summed E-state index contributed by atoms with van der Waals surface area (Å²) < 4.78 is 16.2. The average molecular weight is 293 g/mol. The molecule has 0 saturated heterocycles. The van der Waals surface area contributed by atoms with Crippen LogP contribution in [0.4, 0.5) is 0 Å². The number of aryl methyl sites for hydroxylation is 1. The maximum Gasteiger partial charge on any atom is 0.231 e. The quantitative estimate of drug-likeness (QED) is 0.717. The molecule has 3 aromatic rings. The standard InChI is InChI=1S/C18H15NO3/c1-11-6-15(12-4-3-5-13(7-12)20-2)19-16-9-18-17(8-14(11)16)21-10-22-18/h3-9H,10H2,1-2H3. The number of benzene rings is 2. The van der Waals surface area contributed by atoms with Gasteiger partial charge in [-0.3, -0.25) is 0 Å². The largest absolute Gasteiger partial charge is 0.497 e. The molecule has 0 spiro atoms. The summed E-state index contributed by atoms with van der Waals surface area (Å²) in [5.41, 5.74) is 4.01. The van der Waals surface area contributed by atoms with Gasteiger partial charge < -0.3 is 14.2 Å². The van der Waals surface area contributed by atoms with Gasteiger partial charge in [-0.15, -0.1) is 0 Å². The Hall–Kier alpha value is -2.75. The Morgan fingerprint density at radius 2 is 1.86 bits per heavy atom. The summed E-state index contributed by atoms with van der Waals surface area (Å²) in [6.07, 6.45) is 0. The van der Waals surface area contributed by atoms with Crippen LogP contribution in [0.3, 0.4) is 0 Å². The molecule has 1 aliphatic heterocycles. The molecular formula is C18H15NO3. The van der Waals surface area contributed by atoms with Crippen LogP contribution in [0.2, 0.25) is 0 Å². The van der Waals surface area contributed by atoms with Gasteiger partial charge in [-0.05, 0) is 36.8 Å². The highest BCUT2D eigenvalue weighted by Gasteiger charge is 2.16. The zero-order chi connectivity index (χ0) is 15.1. The van der Waals surface area contributed by atoms with Crippen LogP contribution in [0.15, 0.2) is 42.5 Å². The van der Waals surface area contributed by atoms with E-state index < -0.39 is 0 Å². The van der Waals surface area contributed by atoms with Crippen molar-refractivity contribution < 1.29 is 14.2 Å². The number of nitrogens with zero attached hydrogens (tertiary/aromatic N) is 1. The third kappa shape index (κ3) is 2.04. The first-order valence-electron chi connectivity index (χ1n) is 7.10. The van der Waals surface area contributed by atoms with Crippen molar-refractivity contribution in [1.82, 2.24) is 4.98 Å². The Bertz CT molecular complexity index is 874. The lowest BCUT2D eigenvalue weighted by atomic mass is 10.0. The van der Waals surface area contributed by atoms with Gasteiger partial charge in [0.05, 0.1) is 18.3 Å². The fourth-order valence-electron chi connectivity index (χ4n) is 2.71. The van der Waals surface area contributed by atoms with Crippen LogP contribution in [-0.2, 0) is 0 Å². The summed E-state index contributed by atoms with van der Waals surface area (Å²) in [6.45, 7) is 2.35. The van der Waals surface area contributed by atoms with Gasteiger partial charge in [0.15, 0.2) is 11.5 Å². The number of methoxy groups -OCH3 is 1. The van der Waals surface area contributed by atoms with E-state index in [1.807, 2.05) is 36.4 Å². The van der Waals surface area contributed by atoms with Crippen molar-refractivity contribution in [2.45, 2.75) is 6.92 Å². The van der Waals surface area contributed by atoms with E-state index in [1.54, 1.807) is 7.11 Å². The summed E-state index contributed by atoms with van der Waals surface area (Å²) in [7, 11) is 1.67. The van der Waals surface area contributed by atoms with E-state index in [-0.39, 0.29) is 6.79 Å². The first kappa shape index (κ1) is 13.0. The van der Waals surface area contributed by atoms with Crippen molar-refractivity contribution in [2.24, 2.45) is 0 Å². The minimum Gasteiger partial charge on any atom is -0.497 e. The number of ether oxygens (including phenoxy) is 3. The molecule has 1 aromatic heterocycles. The molecule has 0 fully saturated rings. The summed E-state index contributed by atoms with van der Waals surface area (Å²) in [6, 6.07) is 13.9. The molecule has 0 unspecified atom stereocenters. The van der Waals surface area contributed by atoms with Crippen molar-refractivity contribution >= 4 is 10.9 Å². The number of aromatic nitrogens is 1. The maximum absolute atomic E-state index is 5.45. The lowest BCUT2D eigenvalue weighted by Gasteiger charge is -2.09. The van der Waals surface area contributed by atoms with Crippen molar-refractivity contribution in [1.29, 1.82) is 0 Å². The van der Waals surface area contributed by atoms with E-state index in [0.29, 0.717) is 0 Å². The van der Waals surface area contributed by atoms with E-state index in [4.69, 9.17) is 19.2 Å². The predicted molar refractivity (Wildman–Crippen MR) is 84.6 cm³/mol. The van der Waals surface area contributed by atoms with Crippen LogP contribution in [-0.4, -0.2) is 18.9 Å². The van der Waals surface area contributed by atoms with Crippen LogP contribution in [0.25, 0.3) is 22.2 Å². The van der Waals surface area contributed by atoms with Crippen molar-refractivity contribution in [2.75, 3.05) is 13.9 Å². The third-order valence-electron chi connectivity index (χ3n) is 3.88. The molecule has 0 aliphatic carbocycles. The molecule has 0 saturated carbocycles. The zero-order valence-electron chi connectivity index (χ0n) is 12.4. The molecule has 4 nitrogen and oxygen atoms in total. The molecule has 0 radical (unpaired) electrons. The molecule has 2 heterocycles. The Morgan fingerprint density at radius 3 is 2.68 bits per heavy atom. The Morgan fingerprint density at radius 1 is 1.05 bits per heavy atom. The minimum absolute atomic E-state index is 0.271. The highest BCUT2D eigenvalue weighted by Crippen LogP contribution is 2.37. The molecule has 22 heavy (non-hydrogen) atoms. The van der Waals surface area contributed by atoms with Crippen molar-refractivity contribution in [3.8, 4) is 28.5 Å². The van der Waals surface area contributed by atoms with E-state index in [1.165, 1.54) is 0 Å². The van der Waals surface area contributed by atoms with Crippen molar-refractivity contribution in [3.63, 3.8) is 0 Å². The van der Waals surface area contributed by atoms with E-state index in [2.05, 4.69) is 13.0 Å². The number of hydrogen-bond acceptors (Lipinski definition) is 4. The van der Waals surface area contributed by atoms with Gasteiger partial charge in [0, 0.05) is 17.0 Å². The molecule has 110 valence electrons. The second kappa shape index (κ2) is 4.91. The summed E-state index contributed by atoms with van der Waals surface area (Å²) in [5, 5.41) is 1.08. The highest BCUT2D eigenvalue weighted by atomic mass is 16.7. The van der Waals surface area contributed by atoms with Gasteiger partial charge in [0.2, 0.25) is 6.79 Å². The molecule has 0 bridgehead atoms. The smallest absolute Gasteiger partial charge is 0.231 e. The number of pyridine rings is 1.